The Hall–Kier alpha value is -0.837. The van der Waals surface area contributed by atoms with Crippen LogP contribution in [0.1, 0.15) is 67.2 Å². The second-order valence-corrected chi connectivity index (χ2v) is 8.00. The van der Waals surface area contributed by atoms with E-state index in [9.17, 15) is 9.59 Å². The molecule has 2 amide bonds. The summed E-state index contributed by atoms with van der Waals surface area (Å²) in [6.07, 6.45) is 3.64. The number of nitrogens with zero attached hydrogens (tertiary/aromatic N) is 2. The van der Waals surface area contributed by atoms with E-state index in [1.165, 1.54) is 0 Å². The van der Waals surface area contributed by atoms with Crippen LogP contribution in [0, 0.1) is 13.1 Å². The van der Waals surface area contributed by atoms with Gasteiger partial charge in [0.15, 0.2) is 0 Å². The molecule has 0 aromatic rings. The standard InChI is InChI=1S/2C9H16NO2.Zn/c2*1-9(2,3)12-8(11)10-6-4-5-7-10;/h2*6H,4-5,7H2,1-3H3;/q2*-1;+2. The van der Waals surface area contributed by atoms with Crippen molar-refractivity contribution >= 4 is 12.2 Å². The number of ether oxygens (including phenoxy) is 2. The van der Waals surface area contributed by atoms with E-state index >= 15 is 0 Å². The van der Waals surface area contributed by atoms with Gasteiger partial charge in [-0.25, -0.2) is 22.7 Å². The molecule has 140 valence electrons. The minimum Gasteiger partial charge on any atom is -0.458 e. The molecule has 0 spiro atoms. The SMILES string of the molecule is CC(C)(C)OC(=O)N1[CH-]CCC1.CC(C)(C)OC(=O)N1[CH-]CCC1.[Zn+2]. The van der Waals surface area contributed by atoms with E-state index < -0.39 is 0 Å². The van der Waals surface area contributed by atoms with Crippen LogP contribution in [0.3, 0.4) is 0 Å². The van der Waals surface area contributed by atoms with Crippen molar-refractivity contribution in [2.45, 2.75) is 78.4 Å². The van der Waals surface area contributed by atoms with Crippen LogP contribution in [-0.2, 0) is 29.0 Å². The molecule has 0 aliphatic carbocycles. The molecule has 0 radical (unpaired) electrons. The van der Waals surface area contributed by atoms with Crippen LogP contribution in [-0.4, -0.2) is 46.3 Å². The van der Waals surface area contributed by atoms with E-state index in [1.807, 2.05) is 54.6 Å². The zero-order valence-electron chi connectivity index (χ0n) is 16.6. The van der Waals surface area contributed by atoms with E-state index in [1.54, 1.807) is 9.80 Å². The summed E-state index contributed by atoms with van der Waals surface area (Å²) in [5.41, 5.74) is -0.763. The first kappa shape index (κ1) is 24.2. The molecule has 6 nitrogen and oxygen atoms in total. The van der Waals surface area contributed by atoms with Crippen molar-refractivity contribution in [2.75, 3.05) is 13.1 Å². The summed E-state index contributed by atoms with van der Waals surface area (Å²) in [7, 11) is 0. The molecular weight excluding hydrogens is 374 g/mol. The zero-order chi connectivity index (χ0) is 18.4. The molecule has 0 saturated carbocycles. The van der Waals surface area contributed by atoms with Crippen LogP contribution < -0.4 is 0 Å². The van der Waals surface area contributed by atoms with Gasteiger partial charge in [-0.05, 0) is 54.6 Å². The second-order valence-electron chi connectivity index (χ2n) is 8.00. The van der Waals surface area contributed by atoms with Gasteiger partial charge in [-0.3, -0.25) is 0 Å². The quantitative estimate of drug-likeness (QED) is 0.444. The number of carbonyl (C=O) groups excluding carboxylic acids is 2. The fourth-order valence-electron chi connectivity index (χ4n) is 2.17. The van der Waals surface area contributed by atoms with Crippen LogP contribution in [0.25, 0.3) is 0 Å². The predicted octanol–water partition coefficient (Wildman–Crippen LogP) is 4.36. The molecule has 2 fully saturated rings. The normalized spacial score (nSPS) is 17.4. The summed E-state index contributed by atoms with van der Waals surface area (Å²) in [6, 6.07) is 0. The molecule has 2 aliphatic heterocycles. The first-order chi connectivity index (χ1) is 11.0. The molecular formula is C18H32N2O4Zn. The molecule has 2 aliphatic rings. The van der Waals surface area contributed by atoms with Gasteiger partial charge in [0.2, 0.25) is 0 Å². The molecule has 0 unspecified atom stereocenters. The fourth-order valence-corrected chi connectivity index (χ4v) is 2.17. The Morgan fingerprint density at radius 3 is 1.28 bits per heavy atom. The van der Waals surface area contributed by atoms with Gasteiger partial charge in [-0.15, -0.1) is 0 Å². The number of carbonyl (C=O) groups is 2. The molecule has 0 aromatic carbocycles. The maximum absolute atomic E-state index is 11.3. The molecule has 2 rings (SSSR count). The molecule has 0 N–H and O–H groups in total. The van der Waals surface area contributed by atoms with Crippen LogP contribution in [0.5, 0.6) is 0 Å². The van der Waals surface area contributed by atoms with Gasteiger partial charge >= 0.3 is 31.7 Å². The number of rotatable bonds is 0. The summed E-state index contributed by atoms with van der Waals surface area (Å²) in [4.78, 5) is 26.0. The Balaban J connectivity index is 0.000000443. The smallest absolute Gasteiger partial charge is 0.458 e. The summed E-state index contributed by atoms with van der Waals surface area (Å²) >= 11 is 0. The molecule has 7 heteroatoms. The van der Waals surface area contributed by atoms with Crippen molar-refractivity contribution in [3.8, 4) is 0 Å². The van der Waals surface area contributed by atoms with Crippen LogP contribution >= 0.6 is 0 Å². The van der Waals surface area contributed by atoms with Crippen molar-refractivity contribution in [1.29, 1.82) is 0 Å². The zero-order valence-corrected chi connectivity index (χ0v) is 19.6. The van der Waals surface area contributed by atoms with Gasteiger partial charge in [0.25, 0.3) is 0 Å². The Kier molecular flexibility index (Phi) is 10.00. The van der Waals surface area contributed by atoms with Crippen molar-refractivity contribution < 1.29 is 38.5 Å². The maximum atomic E-state index is 11.3. The Morgan fingerprint density at radius 2 is 1.08 bits per heavy atom. The molecule has 0 atom stereocenters. The van der Waals surface area contributed by atoms with E-state index in [2.05, 4.69) is 0 Å². The van der Waals surface area contributed by atoms with Gasteiger partial charge in [0, 0.05) is 0 Å². The number of amides is 2. The first-order valence-corrected chi connectivity index (χ1v) is 8.64. The number of hydrogen-bond acceptors (Lipinski definition) is 4. The summed E-state index contributed by atoms with van der Waals surface area (Å²) < 4.78 is 10.4. The monoisotopic (exact) mass is 404 g/mol. The van der Waals surface area contributed by atoms with Crippen molar-refractivity contribution in [3.05, 3.63) is 13.1 Å². The minimum atomic E-state index is -0.381. The maximum Gasteiger partial charge on any atom is 2.00 e. The second kappa shape index (κ2) is 10.3. The largest absolute Gasteiger partial charge is 2.00 e. The fraction of sp³-hybridized carbons (Fsp3) is 0.778. The van der Waals surface area contributed by atoms with E-state index in [-0.39, 0.29) is 42.9 Å². The van der Waals surface area contributed by atoms with Gasteiger partial charge < -0.3 is 19.3 Å². The van der Waals surface area contributed by atoms with Crippen molar-refractivity contribution in [3.63, 3.8) is 0 Å². The van der Waals surface area contributed by atoms with E-state index in [0.29, 0.717) is 0 Å². The van der Waals surface area contributed by atoms with Crippen molar-refractivity contribution in [2.24, 2.45) is 0 Å². The van der Waals surface area contributed by atoms with Gasteiger partial charge in [0.1, 0.15) is 11.2 Å². The Labute approximate surface area is 165 Å². The molecule has 0 aromatic heterocycles. The average molecular weight is 406 g/mol. The van der Waals surface area contributed by atoms with Crippen LogP contribution in [0.4, 0.5) is 9.59 Å². The average Bonchev–Trinajstić information content (AvgIpc) is 3.10. The van der Waals surface area contributed by atoms with E-state index in [0.717, 1.165) is 38.8 Å². The van der Waals surface area contributed by atoms with E-state index in [4.69, 9.17) is 9.47 Å². The van der Waals surface area contributed by atoms with Crippen molar-refractivity contribution in [1.82, 2.24) is 9.80 Å². The van der Waals surface area contributed by atoms with Gasteiger partial charge in [-0.1, -0.05) is 12.8 Å². The molecule has 25 heavy (non-hydrogen) atoms. The third kappa shape index (κ3) is 10.7. The third-order valence-electron chi connectivity index (χ3n) is 3.16. The Morgan fingerprint density at radius 1 is 0.760 bits per heavy atom. The summed E-state index contributed by atoms with van der Waals surface area (Å²) in [6.45, 7) is 16.7. The van der Waals surface area contributed by atoms with Gasteiger partial charge in [0.05, 0.1) is 0 Å². The van der Waals surface area contributed by atoms with Crippen LogP contribution in [0.2, 0.25) is 0 Å². The van der Waals surface area contributed by atoms with Gasteiger partial charge in [-0.2, -0.15) is 12.8 Å². The molecule has 2 saturated heterocycles. The number of likely N-dealkylation sites (tertiary alicyclic amines) is 2. The molecule has 0 bridgehead atoms. The summed E-state index contributed by atoms with van der Waals surface area (Å²) in [5, 5.41) is 0. The number of hydrogen-bond donors (Lipinski definition) is 0. The van der Waals surface area contributed by atoms with Crippen LogP contribution in [0.15, 0.2) is 0 Å². The molecule has 2 heterocycles. The topological polar surface area (TPSA) is 59.1 Å². The Bertz CT molecular complexity index is 378. The third-order valence-corrected chi connectivity index (χ3v) is 3.16. The first-order valence-electron chi connectivity index (χ1n) is 8.64. The predicted molar refractivity (Wildman–Crippen MR) is 92.9 cm³/mol. The minimum absolute atomic E-state index is 0. The summed E-state index contributed by atoms with van der Waals surface area (Å²) in [5.74, 6) is 0.